The van der Waals surface area contributed by atoms with Crippen LogP contribution in [0.3, 0.4) is 0 Å². The summed E-state index contributed by atoms with van der Waals surface area (Å²) in [6, 6.07) is 5.39. The summed E-state index contributed by atoms with van der Waals surface area (Å²) in [5.41, 5.74) is 2.89. The molecule has 0 saturated carbocycles. The van der Waals surface area contributed by atoms with Crippen LogP contribution in [0, 0.1) is 0 Å². The molecular weight excluding hydrogens is 314 g/mol. The molecule has 1 amide bonds. The summed E-state index contributed by atoms with van der Waals surface area (Å²) in [6.45, 7) is 2.57. The first kappa shape index (κ1) is 15.6. The Kier molecular flexibility index (Phi) is 4.38. The quantitative estimate of drug-likeness (QED) is 0.808. The van der Waals surface area contributed by atoms with Crippen LogP contribution in [0.4, 0.5) is 5.69 Å². The van der Waals surface area contributed by atoms with Gasteiger partial charge in [0.05, 0.1) is 18.4 Å². The molecular formula is C16H17N3O3S. The Labute approximate surface area is 138 Å². The molecule has 1 aliphatic rings. The van der Waals surface area contributed by atoms with E-state index in [0.717, 1.165) is 41.3 Å². The van der Waals surface area contributed by atoms with Crippen LogP contribution < -0.4 is 4.90 Å². The summed E-state index contributed by atoms with van der Waals surface area (Å²) in [5.74, 6) is -0.468. The van der Waals surface area contributed by atoms with E-state index < -0.39 is 0 Å². The van der Waals surface area contributed by atoms with Crippen molar-refractivity contribution in [3.05, 3.63) is 39.9 Å². The molecule has 0 unspecified atom stereocenters. The third-order valence-corrected chi connectivity index (χ3v) is 4.74. The summed E-state index contributed by atoms with van der Waals surface area (Å²) in [5, 5.41) is 4.01. The normalized spacial score (nSPS) is 13.6. The number of anilines is 1. The van der Waals surface area contributed by atoms with Crippen LogP contribution in [-0.2, 0) is 17.6 Å². The zero-order chi connectivity index (χ0) is 16.4. The van der Waals surface area contributed by atoms with Crippen molar-refractivity contribution in [3.63, 3.8) is 0 Å². The zero-order valence-electron chi connectivity index (χ0n) is 13.0. The number of nitrogens with zero attached hydrogens (tertiary/aromatic N) is 3. The number of rotatable bonds is 3. The second-order valence-corrected chi connectivity index (χ2v) is 6.01. The van der Waals surface area contributed by atoms with Crippen molar-refractivity contribution >= 4 is 29.1 Å². The van der Waals surface area contributed by atoms with Gasteiger partial charge in [0.15, 0.2) is 0 Å². The Morgan fingerprint density at radius 3 is 2.96 bits per heavy atom. The van der Waals surface area contributed by atoms with Gasteiger partial charge in [0.25, 0.3) is 5.91 Å². The van der Waals surface area contributed by atoms with Gasteiger partial charge in [-0.1, -0.05) is 17.5 Å². The second kappa shape index (κ2) is 6.45. The van der Waals surface area contributed by atoms with Gasteiger partial charge in [0.2, 0.25) is 0 Å². The minimum absolute atomic E-state index is 0.0974. The number of aromatic nitrogens is 2. The molecule has 0 spiro atoms. The molecule has 0 bridgehead atoms. The molecule has 1 aromatic carbocycles. The van der Waals surface area contributed by atoms with Gasteiger partial charge in [0.1, 0.15) is 4.88 Å². The molecule has 0 radical (unpaired) electrons. The zero-order valence-corrected chi connectivity index (χ0v) is 13.9. The molecule has 2 heterocycles. The second-order valence-electron chi connectivity index (χ2n) is 5.26. The van der Waals surface area contributed by atoms with E-state index in [1.165, 1.54) is 7.11 Å². The lowest BCUT2D eigenvalue weighted by Gasteiger charge is -2.30. The van der Waals surface area contributed by atoms with E-state index in [4.69, 9.17) is 4.74 Å². The van der Waals surface area contributed by atoms with E-state index in [1.807, 2.05) is 13.0 Å². The monoisotopic (exact) mass is 331 g/mol. The molecule has 0 aliphatic carbocycles. The first-order chi connectivity index (χ1) is 11.2. The van der Waals surface area contributed by atoms with Gasteiger partial charge in [0, 0.05) is 12.2 Å². The standard InChI is InChI=1S/C16H17N3O3S/c1-3-12-14(23-18-17-12)15(20)19-9-5-7-10-11(16(21)22-2)6-4-8-13(10)19/h4,6,8H,3,5,7,9H2,1-2H3. The van der Waals surface area contributed by atoms with Gasteiger partial charge < -0.3 is 9.64 Å². The molecule has 120 valence electrons. The summed E-state index contributed by atoms with van der Waals surface area (Å²) in [6.07, 6.45) is 2.23. The summed E-state index contributed by atoms with van der Waals surface area (Å²) in [4.78, 5) is 27.1. The van der Waals surface area contributed by atoms with Crippen LogP contribution in [0.2, 0.25) is 0 Å². The molecule has 0 fully saturated rings. The van der Waals surface area contributed by atoms with E-state index in [-0.39, 0.29) is 11.9 Å². The van der Waals surface area contributed by atoms with Gasteiger partial charge in [-0.25, -0.2) is 4.79 Å². The summed E-state index contributed by atoms with van der Waals surface area (Å²) < 4.78 is 8.74. The third-order valence-electron chi connectivity index (χ3n) is 3.99. The maximum atomic E-state index is 12.9. The van der Waals surface area contributed by atoms with Crippen molar-refractivity contribution in [2.75, 3.05) is 18.6 Å². The largest absolute Gasteiger partial charge is 0.465 e. The van der Waals surface area contributed by atoms with Gasteiger partial charge in [-0.15, -0.1) is 5.10 Å². The van der Waals surface area contributed by atoms with E-state index in [2.05, 4.69) is 9.59 Å². The lowest BCUT2D eigenvalue weighted by atomic mass is 9.96. The Hall–Kier alpha value is -2.28. The number of methoxy groups -OCH3 is 1. The topological polar surface area (TPSA) is 72.4 Å². The fraction of sp³-hybridized carbons (Fsp3) is 0.375. The van der Waals surface area contributed by atoms with E-state index in [1.54, 1.807) is 17.0 Å². The van der Waals surface area contributed by atoms with Gasteiger partial charge in [-0.3, -0.25) is 4.79 Å². The Balaban J connectivity index is 2.02. The smallest absolute Gasteiger partial charge is 0.338 e. The lowest BCUT2D eigenvalue weighted by Crippen LogP contribution is -2.36. The van der Waals surface area contributed by atoms with Gasteiger partial charge >= 0.3 is 5.97 Å². The Bertz CT molecular complexity index is 757. The molecule has 3 rings (SSSR count). The van der Waals surface area contributed by atoms with Gasteiger partial charge in [-0.2, -0.15) is 0 Å². The fourth-order valence-electron chi connectivity index (χ4n) is 2.86. The number of carbonyl (C=O) groups is 2. The van der Waals surface area contributed by atoms with Crippen LogP contribution in [0.1, 0.15) is 44.6 Å². The van der Waals surface area contributed by atoms with Crippen molar-refractivity contribution in [2.24, 2.45) is 0 Å². The molecule has 6 nitrogen and oxygen atoms in total. The van der Waals surface area contributed by atoms with Gasteiger partial charge in [-0.05, 0) is 48.5 Å². The van der Waals surface area contributed by atoms with E-state index >= 15 is 0 Å². The number of aryl methyl sites for hydroxylation is 1. The highest BCUT2D eigenvalue weighted by molar-refractivity contribution is 7.08. The molecule has 7 heteroatoms. The first-order valence-electron chi connectivity index (χ1n) is 7.50. The number of benzene rings is 1. The molecule has 2 aromatic rings. The number of esters is 1. The highest BCUT2D eigenvalue weighted by atomic mass is 32.1. The number of carbonyl (C=O) groups excluding carboxylic acids is 2. The van der Waals surface area contributed by atoms with Crippen LogP contribution in [0.5, 0.6) is 0 Å². The molecule has 0 saturated heterocycles. The first-order valence-corrected chi connectivity index (χ1v) is 8.28. The van der Waals surface area contributed by atoms with Crippen molar-refractivity contribution in [1.82, 2.24) is 9.59 Å². The molecule has 0 N–H and O–H groups in total. The number of hydrogen-bond donors (Lipinski definition) is 0. The predicted molar refractivity (Wildman–Crippen MR) is 87.1 cm³/mol. The number of fused-ring (bicyclic) bond motifs is 1. The fourth-order valence-corrected chi connectivity index (χ4v) is 3.56. The Morgan fingerprint density at radius 2 is 2.22 bits per heavy atom. The highest BCUT2D eigenvalue weighted by Crippen LogP contribution is 2.32. The summed E-state index contributed by atoms with van der Waals surface area (Å²) >= 11 is 1.12. The SMILES string of the molecule is CCc1nnsc1C(=O)N1CCCc2c(C(=O)OC)cccc21. The van der Waals surface area contributed by atoms with E-state index in [9.17, 15) is 9.59 Å². The number of amides is 1. The maximum absolute atomic E-state index is 12.9. The lowest BCUT2D eigenvalue weighted by molar-refractivity contribution is 0.0599. The van der Waals surface area contributed by atoms with Crippen molar-refractivity contribution < 1.29 is 14.3 Å². The third kappa shape index (κ3) is 2.72. The van der Waals surface area contributed by atoms with E-state index in [0.29, 0.717) is 23.4 Å². The minimum atomic E-state index is -0.371. The summed E-state index contributed by atoms with van der Waals surface area (Å²) in [7, 11) is 1.37. The van der Waals surface area contributed by atoms with Crippen molar-refractivity contribution in [1.29, 1.82) is 0 Å². The average Bonchev–Trinajstić information content (AvgIpc) is 3.08. The van der Waals surface area contributed by atoms with Crippen LogP contribution in [0.15, 0.2) is 18.2 Å². The minimum Gasteiger partial charge on any atom is -0.465 e. The van der Waals surface area contributed by atoms with Crippen molar-refractivity contribution in [2.45, 2.75) is 26.2 Å². The molecule has 1 aliphatic heterocycles. The highest BCUT2D eigenvalue weighted by Gasteiger charge is 2.29. The predicted octanol–water partition coefficient (Wildman–Crippen LogP) is 2.48. The molecule has 1 aromatic heterocycles. The van der Waals surface area contributed by atoms with Crippen LogP contribution >= 0.6 is 11.5 Å². The van der Waals surface area contributed by atoms with Crippen LogP contribution in [-0.4, -0.2) is 35.1 Å². The van der Waals surface area contributed by atoms with Crippen LogP contribution in [0.25, 0.3) is 0 Å². The molecule has 0 atom stereocenters. The molecule has 23 heavy (non-hydrogen) atoms. The maximum Gasteiger partial charge on any atom is 0.338 e. The number of ether oxygens (including phenoxy) is 1. The number of hydrogen-bond acceptors (Lipinski definition) is 6. The average molecular weight is 331 g/mol. The Morgan fingerprint density at radius 1 is 1.39 bits per heavy atom. The van der Waals surface area contributed by atoms with Crippen molar-refractivity contribution in [3.8, 4) is 0 Å².